The van der Waals surface area contributed by atoms with Gasteiger partial charge in [0, 0.05) is 0 Å². The molecule has 0 bridgehead atoms. The van der Waals surface area contributed by atoms with Gasteiger partial charge in [0.05, 0.1) is 12.6 Å². The Kier molecular flexibility index (Phi) is 3.33. The third kappa shape index (κ3) is 2.76. The predicted molar refractivity (Wildman–Crippen MR) is 56.3 cm³/mol. The van der Waals surface area contributed by atoms with Crippen molar-refractivity contribution in [1.29, 1.82) is 0 Å². The molecule has 0 radical (unpaired) electrons. The molecule has 1 aromatic heterocycles. The van der Waals surface area contributed by atoms with E-state index < -0.39 is 0 Å². The first-order valence-corrected chi connectivity index (χ1v) is 5.46. The number of hydrogen-bond donors (Lipinski definition) is 1. The summed E-state index contributed by atoms with van der Waals surface area (Å²) in [7, 11) is 3.98. The molecule has 2 heterocycles. The quantitative estimate of drug-likeness (QED) is 0.805. The van der Waals surface area contributed by atoms with Crippen LogP contribution in [0.15, 0.2) is 4.42 Å². The number of hydrogen-bond acceptors (Lipinski definition) is 5. The summed E-state index contributed by atoms with van der Waals surface area (Å²) in [5, 5.41) is 11.5. The molecule has 0 aromatic carbocycles. The Morgan fingerprint density at radius 3 is 2.93 bits per heavy atom. The SMILES string of the molecule is CN(C)Cc1nnc([C@@H]2CCCCN2)o1. The molecule has 0 aliphatic carbocycles. The summed E-state index contributed by atoms with van der Waals surface area (Å²) in [6.07, 6.45) is 3.59. The highest BCUT2D eigenvalue weighted by Crippen LogP contribution is 2.21. The lowest BCUT2D eigenvalue weighted by Crippen LogP contribution is -2.26. The predicted octanol–water partition coefficient (Wildman–Crippen LogP) is 0.946. The second-order valence-electron chi connectivity index (χ2n) is 4.27. The molecule has 1 N–H and O–H groups in total. The number of rotatable bonds is 3. The van der Waals surface area contributed by atoms with Gasteiger partial charge in [0.1, 0.15) is 0 Å². The highest BCUT2D eigenvalue weighted by Gasteiger charge is 2.20. The standard InChI is InChI=1S/C10H18N4O/c1-14(2)7-9-12-13-10(15-9)8-5-3-4-6-11-8/h8,11H,3-7H2,1-2H3/t8-/m0/s1. The van der Waals surface area contributed by atoms with Crippen molar-refractivity contribution in [2.45, 2.75) is 31.8 Å². The van der Waals surface area contributed by atoms with Crippen LogP contribution in [0.5, 0.6) is 0 Å². The summed E-state index contributed by atoms with van der Waals surface area (Å²) in [4.78, 5) is 2.02. The molecule has 1 fully saturated rings. The Hall–Kier alpha value is -0.940. The molecule has 2 rings (SSSR count). The Balaban J connectivity index is 1.99. The van der Waals surface area contributed by atoms with Gasteiger partial charge in [0.25, 0.3) is 0 Å². The van der Waals surface area contributed by atoms with E-state index in [0.717, 1.165) is 18.9 Å². The highest BCUT2D eigenvalue weighted by molar-refractivity contribution is 4.91. The lowest BCUT2D eigenvalue weighted by atomic mass is 10.1. The van der Waals surface area contributed by atoms with Crippen LogP contribution in [-0.2, 0) is 6.54 Å². The molecule has 0 saturated carbocycles. The number of aromatic nitrogens is 2. The zero-order valence-electron chi connectivity index (χ0n) is 9.36. The van der Waals surface area contributed by atoms with Crippen molar-refractivity contribution in [1.82, 2.24) is 20.4 Å². The molecular formula is C10H18N4O. The smallest absolute Gasteiger partial charge is 0.233 e. The summed E-state index contributed by atoms with van der Waals surface area (Å²) in [5.41, 5.74) is 0. The molecule has 1 saturated heterocycles. The fourth-order valence-electron chi connectivity index (χ4n) is 1.80. The van der Waals surface area contributed by atoms with Gasteiger partial charge in [0.2, 0.25) is 11.8 Å². The maximum Gasteiger partial charge on any atom is 0.233 e. The van der Waals surface area contributed by atoms with Crippen molar-refractivity contribution in [3.63, 3.8) is 0 Å². The van der Waals surface area contributed by atoms with Crippen LogP contribution in [-0.4, -0.2) is 35.7 Å². The van der Waals surface area contributed by atoms with Gasteiger partial charge in [-0.25, -0.2) is 0 Å². The van der Waals surface area contributed by atoms with Crippen molar-refractivity contribution in [3.05, 3.63) is 11.8 Å². The van der Waals surface area contributed by atoms with E-state index in [2.05, 4.69) is 15.5 Å². The van der Waals surface area contributed by atoms with Gasteiger partial charge in [-0.2, -0.15) is 0 Å². The van der Waals surface area contributed by atoms with E-state index in [9.17, 15) is 0 Å². The summed E-state index contributed by atoms with van der Waals surface area (Å²) in [6, 6.07) is 0.266. The molecular weight excluding hydrogens is 192 g/mol. The summed E-state index contributed by atoms with van der Waals surface area (Å²) in [5.74, 6) is 1.44. The normalized spacial score (nSPS) is 22.2. The summed E-state index contributed by atoms with van der Waals surface area (Å²) in [6.45, 7) is 1.76. The van der Waals surface area contributed by atoms with E-state index >= 15 is 0 Å². The third-order valence-corrected chi connectivity index (χ3v) is 2.54. The van der Waals surface area contributed by atoms with E-state index in [1.54, 1.807) is 0 Å². The Morgan fingerprint density at radius 2 is 2.27 bits per heavy atom. The highest BCUT2D eigenvalue weighted by atomic mass is 16.4. The average Bonchev–Trinajstić information content (AvgIpc) is 2.67. The molecule has 0 amide bonds. The van der Waals surface area contributed by atoms with Gasteiger partial charge in [-0.15, -0.1) is 10.2 Å². The van der Waals surface area contributed by atoms with Crippen molar-refractivity contribution in [3.8, 4) is 0 Å². The lowest BCUT2D eigenvalue weighted by molar-refractivity contribution is 0.299. The lowest BCUT2D eigenvalue weighted by Gasteiger charge is -2.19. The molecule has 1 aromatic rings. The molecule has 84 valence electrons. The molecule has 5 heteroatoms. The van der Waals surface area contributed by atoms with Crippen LogP contribution in [0.2, 0.25) is 0 Å². The Labute approximate surface area is 89.9 Å². The zero-order chi connectivity index (χ0) is 10.7. The summed E-state index contributed by atoms with van der Waals surface area (Å²) < 4.78 is 5.61. The van der Waals surface area contributed by atoms with Crippen LogP contribution in [0.25, 0.3) is 0 Å². The maximum absolute atomic E-state index is 5.61. The number of nitrogens with zero attached hydrogens (tertiary/aromatic N) is 3. The van der Waals surface area contributed by atoms with Crippen LogP contribution < -0.4 is 5.32 Å². The van der Waals surface area contributed by atoms with Crippen molar-refractivity contribution < 1.29 is 4.42 Å². The van der Waals surface area contributed by atoms with Gasteiger partial charge in [0.15, 0.2) is 0 Å². The van der Waals surface area contributed by atoms with Crippen LogP contribution in [0.3, 0.4) is 0 Å². The van der Waals surface area contributed by atoms with Crippen molar-refractivity contribution in [2.75, 3.05) is 20.6 Å². The van der Waals surface area contributed by atoms with Crippen molar-refractivity contribution >= 4 is 0 Å². The number of nitrogens with one attached hydrogen (secondary N) is 1. The molecule has 0 spiro atoms. The molecule has 15 heavy (non-hydrogen) atoms. The van der Waals surface area contributed by atoms with E-state index in [-0.39, 0.29) is 6.04 Å². The zero-order valence-corrected chi connectivity index (χ0v) is 9.36. The Bertz CT molecular complexity index is 304. The van der Waals surface area contributed by atoms with Crippen LogP contribution in [0.1, 0.15) is 37.1 Å². The molecule has 1 aliphatic rings. The monoisotopic (exact) mass is 210 g/mol. The van der Waals surface area contributed by atoms with Crippen LogP contribution >= 0.6 is 0 Å². The molecule has 0 unspecified atom stereocenters. The maximum atomic E-state index is 5.61. The van der Waals surface area contributed by atoms with Crippen molar-refractivity contribution in [2.24, 2.45) is 0 Å². The van der Waals surface area contributed by atoms with Gasteiger partial charge in [-0.1, -0.05) is 6.42 Å². The second-order valence-corrected chi connectivity index (χ2v) is 4.27. The molecule has 1 atom stereocenters. The average molecular weight is 210 g/mol. The fraction of sp³-hybridized carbons (Fsp3) is 0.800. The first-order chi connectivity index (χ1) is 7.25. The van der Waals surface area contributed by atoms with E-state index in [1.807, 2.05) is 19.0 Å². The summed E-state index contributed by atoms with van der Waals surface area (Å²) >= 11 is 0. The largest absolute Gasteiger partial charge is 0.422 e. The van der Waals surface area contributed by atoms with Gasteiger partial charge < -0.3 is 14.6 Å². The minimum atomic E-state index is 0.266. The second kappa shape index (κ2) is 4.72. The van der Waals surface area contributed by atoms with Gasteiger partial charge >= 0.3 is 0 Å². The van der Waals surface area contributed by atoms with Crippen LogP contribution in [0.4, 0.5) is 0 Å². The number of piperidine rings is 1. The first-order valence-electron chi connectivity index (χ1n) is 5.46. The molecule has 1 aliphatic heterocycles. The molecule has 5 nitrogen and oxygen atoms in total. The third-order valence-electron chi connectivity index (χ3n) is 2.54. The van der Waals surface area contributed by atoms with E-state index in [1.165, 1.54) is 12.8 Å². The fourth-order valence-corrected chi connectivity index (χ4v) is 1.80. The first kappa shape index (κ1) is 10.6. The Morgan fingerprint density at radius 1 is 1.40 bits per heavy atom. The van der Waals surface area contributed by atoms with Crippen LogP contribution in [0, 0.1) is 0 Å². The van der Waals surface area contributed by atoms with Gasteiger partial charge in [-0.05, 0) is 33.5 Å². The van der Waals surface area contributed by atoms with E-state index in [4.69, 9.17) is 4.42 Å². The van der Waals surface area contributed by atoms with E-state index in [0.29, 0.717) is 12.4 Å². The van der Waals surface area contributed by atoms with Gasteiger partial charge in [-0.3, -0.25) is 0 Å². The minimum absolute atomic E-state index is 0.266. The topological polar surface area (TPSA) is 54.2 Å². The minimum Gasteiger partial charge on any atom is -0.422 e.